The van der Waals surface area contributed by atoms with Gasteiger partial charge >= 0.3 is 6.03 Å². The van der Waals surface area contributed by atoms with Crippen molar-refractivity contribution in [3.05, 3.63) is 50.2 Å². The Hall–Kier alpha value is -2.93. The van der Waals surface area contributed by atoms with E-state index in [2.05, 4.69) is 31.9 Å². The highest BCUT2D eigenvalue weighted by Gasteiger charge is 2.25. The Morgan fingerprint density at radius 1 is 1.24 bits per heavy atom. The number of carbonyl (C=O) groups excluding carboxylic acids is 2. The summed E-state index contributed by atoms with van der Waals surface area (Å²) in [4.78, 5) is 38.6. The standard InChI is InChI=1S/C23H26ClN5O3S/c1-2-3-5-21(30)25-11-4-12-29-13-10-18-19(14-26-32)22(33-20(18)15-29)28-23(31)27-17-8-6-16(24)7-9-17/h1,6-9H,3-5,10-15H2,(H,25,30)(H2,27,28,31). The topological polar surface area (TPSA) is 103 Å². The molecule has 1 aromatic carbocycles. The van der Waals surface area contributed by atoms with Crippen LogP contribution in [0.15, 0.2) is 29.4 Å². The lowest BCUT2D eigenvalue weighted by atomic mass is 10.0. The van der Waals surface area contributed by atoms with Gasteiger partial charge in [0.1, 0.15) is 11.5 Å². The first-order chi connectivity index (χ1) is 16.0. The number of fused-ring (bicyclic) bond motifs is 1. The number of halogens is 1. The number of nitrogens with zero attached hydrogens (tertiary/aromatic N) is 2. The Morgan fingerprint density at radius 2 is 2.03 bits per heavy atom. The van der Waals surface area contributed by atoms with Gasteiger partial charge in [0.2, 0.25) is 5.91 Å². The van der Waals surface area contributed by atoms with Gasteiger partial charge in [-0.05, 0) is 42.7 Å². The fourth-order valence-electron chi connectivity index (χ4n) is 3.65. The molecule has 0 atom stereocenters. The molecule has 33 heavy (non-hydrogen) atoms. The predicted molar refractivity (Wildman–Crippen MR) is 133 cm³/mol. The molecule has 3 rings (SSSR count). The second-order valence-electron chi connectivity index (χ2n) is 7.62. The lowest BCUT2D eigenvalue weighted by Crippen LogP contribution is -2.33. The zero-order valence-corrected chi connectivity index (χ0v) is 19.7. The van der Waals surface area contributed by atoms with Crippen LogP contribution in [0, 0.1) is 17.3 Å². The van der Waals surface area contributed by atoms with Crippen LogP contribution in [0.25, 0.3) is 0 Å². The second-order valence-corrected chi connectivity index (χ2v) is 9.16. The number of hydrogen-bond acceptors (Lipinski definition) is 6. The number of terminal acetylenes is 1. The SMILES string of the molecule is C#CCCC(=O)NCCCN1CCc2c(sc(NC(=O)Nc3ccc(Cl)cc3)c2CN=O)C1. The number of benzene rings is 1. The van der Waals surface area contributed by atoms with Crippen LogP contribution < -0.4 is 16.0 Å². The van der Waals surface area contributed by atoms with Crippen LogP contribution in [0.5, 0.6) is 0 Å². The second kappa shape index (κ2) is 12.3. The molecule has 0 bridgehead atoms. The molecule has 0 saturated heterocycles. The maximum Gasteiger partial charge on any atom is 0.324 e. The minimum atomic E-state index is -0.388. The number of carbonyl (C=O) groups is 2. The molecule has 3 amide bonds. The van der Waals surface area contributed by atoms with E-state index in [0.29, 0.717) is 35.1 Å². The lowest BCUT2D eigenvalue weighted by molar-refractivity contribution is -0.121. The van der Waals surface area contributed by atoms with Crippen molar-refractivity contribution in [1.82, 2.24) is 10.2 Å². The minimum Gasteiger partial charge on any atom is -0.356 e. The molecule has 0 aliphatic carbocycles. The highest BCUT2D eigenvalue weighted by atomic mass is 35.5. The smallest absolute Gasteiger partial charge is 0.324 e. The molecule has 0 unspecified atom stereocenters. The molecule has 0 radical (unpaired) electrons. The van der Waals surface area contributed by atoms with E-state index in [9.17, 15) is 14.5 Å². The fourth-order valence-corrected chi connectivity index (χ4v) is 5.07. The predicted octanol–water partition coefficient (Wildman–Crippen LogP) is 4.59. The van der Waals surface area contributed by atoms with Gasteiger partial charge in [0.25, 0.3) is 0 Å². The molecule has 8 nitrogen and oxygen atoms in total. The first-order valence-corrected chi connectivity index (χ1v) is 11.9. The van der Waals surface area contributed by atoms with Gasteiger partial charge < -0.3 is 10.6 Å². The van der Waals surface area contributed by atoms with Crippen LogP contribution in [0.2, 0.25) is 5.02 Å². The Labute approximate surface area is 202 Å². The number of hydrogen-bond donors (Lipinski definition) is 3. The average Bonchev–Trinajstić information content (AvgIpc) is 3.13. The third-order valence-corrected chi connectivity index (χ3v) is 6.69. The first-order valence-electron chi connectivity index (χ1n) is 10.7. The van der Waals surface area contributed by atoms with Gasteiger partial charge in [0, 0.05) is 60.2 Å². The van der Waals surface area contributed by atoms with E-state index < -0.39 is 0 Å². The van der Waals surface area contributed by atoms with Gasteiger partial charge in [0.05, 0.1) is 0 Å². The Balaban J connectivity index is 1.56. The normalized spacial score (nSPS) is 13.0. The number of thiophene rings is 1. The molecule has 174 valence electrons. The number of nitroso groups, excluding NO2 is 1. The van der Waals surface area contributed by atoms with Crippen molar-refractivity contribution in [3.8, 4) is 12.3 Å². The van der Waals surface area contributed by atoms with Crippen molar-refractivity contribution in [1.29, 1.82) is 0 Å². The van der Waals surface area contributed by atoms with Gasteiger partial charge in [-0.1, -0.05) is 16.8 Å². The van der Waals surface area contributed by atoms with Crippen LogP contribution in [0.3, 0.4) is 0 Å². The van der Waals surface area contributed by atoms with Crippen molar-refractivity contribution in [2.24, 2.45) is 5.18 Å². The first kappa shape index (κ1) is 24.7. The van der Waals surface area contributed by atoms with Crippen molar-refractivity contribution in [3.63, 3.8) is 0 Å². The van der Waals surface area contributed by atoms with Crippen LogP contribution in [0.1, 0.15) is 35.3 Å². The van der Waals surface area contributed by atoms with E-state index in [-0.39, 0.29) is 18.5 Å². The maximum atomic E-state index is 12.5. The summed E-state index contributed by atoms with van der Waals surface area (Å²) in [5, 5.41) is 12.8. The Morgan fingerprint density at radius 3 is 2.76 bits per heavy atom. The van der Waals surface area contributed by atoms with Crippen LogP contribution >= 0.6 is 22.9 Å². The highest BCUT2D eigenvalue weighted by molar-refractivity contribution is 7.16. The van der Waals surface area contributed by atoms with Gasteiger partial charge in [-0.15, -0.1) is 23.7 Å². The summed E-state index contributed by atoms with van der Waals surface area (Å²) in [6.45, 7) is 3.05. The van der Waals surface area contributed by atoms with Crippen molar-refractivity contribution < 1.29 is 9.59 Å². The molecule has 2 heterocycles. The largest absolute Gasteiger partial charge is 0.356 e. The molecule has 1 aromatic heterocycles. The van der Waals surface area contributed by atoms with Crippen molar-refractivity contribution >= 4 is 45.6 Å². The van der Waals surface area contributed by atoms with E-state index in [0.717, 1.165) is 48.5 Å². The average molecular weight is 488 g/mol. The minimum absolute atomic E-state index is 0.0199. The Bertz CT molecular complexity index is 1030. The molecule has 10 heteroatoms. The van der Waals surface area contributed by atoms with Gasteiger partial charge in [-0.3, -0.25) is 15.0 Å². The zero-order valence-electron chi connectivity index (χ0n) is 18.2. The van der Waals surface area contributed by atoms with Gasteiger partial charge in [0.15, 0.2) is 0 Å². The lowest BCUT2D eigenvalue weighted by Gasteiger charge is -2.27. The molecule has 0 saturated carbocycles. The van der Waals surface area contributed by atoms with Crippen LogP contribution in [-0.2, 0) is 24.3 Å². The molecule has 1 aliphatic heterocycles. The van der Waals surface area contributed by atoms with E-state index >= 15 is 0 Å². The molecule has 0 spiro atoms. The molecule has 1 aliphatic rings. The van der Waals surface area contributed by atoms with E-state index in [1.165, 1.54) is 11.3 Å². The molecular weight excluding hydrogens is 462 g/mol. The monoisotopic (exact) mass is 487 g/mol. The molecule has 2 aromatic rings. The van der Waals surface area contributed by atoms with Crippen LogP contribution in [0.4, 0.5) is 15.5 Å². The summed E-state index contributed by atoms with van der Waals surface area (Å²) >= 11 is 7.36. The summed E-state index contributed by atoms with van der Waals surface area (Å²) < 4.78 is 0. The number of amides is 3. The van der Waals surface area contributed by atoms with E-state index in [1.807, 2.05) is 0 Å². The summed E-state index contributed by atoms with van der Waals surface area (Å²) in [7, 11) is 0. The summed E-state index contributed by atoms with van der Waals surface area (Å²) in [5.74, 6) is 2.44. The third-order valence-electron chi connectivity index (χ3n) is 5.27. The zero-order chi connectivity index (χ0) is 23.6. The number of urea groups is 1. The van der Waals surface area contributed by atoms with E-state index in [4.69, 9.17) is 18.0 Å². The number of anilines is 2. The van der Waals surface area contributed by atoms with E-state index in [1.54, 1.807) is 24.3 Å². The van der Waals surface area contributed by atoms with Gasteiger partial charge in [-0.2, -0.15) is 4.91 Å². The number of rotatable bonds is 10. The van der Waals surface area contributed by atoms with Crippen LogP contribution in [-0.4, -0.2) is 36.5 Å². The summed E-state index contributed by atoms with van der Waals surface area (Å²) in [5.41, 5.74) is 2.50. The highest BCUT2D eigenvalue weighted by Crippen LogP contribution is 2.37. The number of nitrogens with one attached hydrogen (secondary N) is 3. The molecule has 3 N–H and O–H groups in total. The molecular formula is C23H26ClN5O3S. The fraction of sp³-hybridized carbons (Fsp3) is 0.391. The third kappa shape index (κ3) is 7.29. The summed E-state index contributed by atoms with van der Waals surface area (Å²) in [6.07, 6.45) is 7.60. The molecule has 0 fully saturated rings. The summed E-state index contributed by atoms with van der Waals surface area (Å²) in [6, 6.07) is 6.43. The van der Waals surface area contributed by atoms with Crippen molar-refractivity contribution in [2.75, 3.05) is 30.3 Å². The van der Waals surface area contributed by atoms with Gasteiger partial charge in [-0.25, -0.2) is 4.79 Å². The quantitative estimate of drug-likeness (QED) is 0.259. The maximum absolute atomic E-state index is 12.5. The Kier molecular flexibility index (Phi) is 9.24. The van der Waals surface area contributed by atoms with Crippen molar-refractivity contribution in [2.45, 2.75) is 38.8 Å².